The van der Waals surface area contributed by atoms with Crippen molar-refractivity contribution in [2.24, 2.45) is 7.05 Å². The third-order valence-electron chi connectivity index (χ3n) is 2.54. The van der Waals surface area contributed by atoms with Crippen LogP contribution in [-0.2, 0) is 24.3 Å². The van der Waals surface area contributed by atoms with Crippen LogP contribution in [0.25, 0.3) is 0 Å². The van der Waals surface area contributed by atoms with Crippen LogP contribution in [0.3, 0.4) is 0 Å². The molecule has 0 aliphatic rings. The average Bonchev–Trinajstić information content (AvgIpc) is 2.73. The largest absolute Gasteiger partial charge is 0.273 e. The van der Waals surface area contributed by atoms with Crippen molar-refractivity contribution in [2.45, 2.75) is 11.3 Å². The average molecular weight is 252 g/mol. The second-order valence-corrected chi connectivity index (χ2v) is 5.27. The molecule has 2 rings (SSSR count). The molecule has 5 heteroatoms. The summed E-state index contributed by atoms with van der Waals surface area (Å²) in [5, 5.41) is 4.05. The van der Waals surface area contributed by atoms with E-state index in [2.05, 4.69) is 5.10 Å². The number of halogens is 1. The molecule has 0 aliphatic carbocycles. The first-order chi connectivity index (χ1) is 8.16. The highest BCUT2D eigenvalue weighted by Crippen LogP contribution is 2.09. The van der Waals surface area contributed by atoms with E-state index in [-0.39, 0.29) is 5.82 Å². The number of benzene rings is 1. The molecule has 90 valence electrons. The van der Waals surface area contributed by atoms with Crippen LogP contribution in [0.5, 0.6) is 0 Å². The zero-order chi connectivity index (χ0) is 12.3. The topological polar surface area (TPSA) is 34.9 Å². The second kappa shape index (κ2) is 5.23. The smallest absolute Gasteiger partial charge is 0.123 e. The molecule has 0 N–H and O–H groups in total. The highest BCUT2D eigenvalue weighted by Gasteiger charge is 2.06. The van der Waals surface area contributed by atoms with Gasteiger partial charge >= 0.3 is 0 Å². The Labute approximate surface area is 102 Å². The van der Waals surface area contributed by atoms with Gasteiger partial charge in [0.15, 0.2) is 0 Å². The summed E-state index contributed by atoms with van der Waals surface area (Å²) in [6.07, 6.45) is 2.41. The zero-order valence-electron chi connectivity index (χ0n) is 9.47. The lowest BCUT2D eigenvalue weighted by molar-refractivity contribution is 0.626. The van der Waals surface area contributed by atoms with Gasteiger partial charge in [0, 0.05) is 36.0 Å². The Bertz CT molecular complexity index is 522. The maximum Gasteiger partial charge on any atom is 0.123 e. The van der Waals surface area contributed by atoms with Crippen LogP contribution < -0.4 is 0 Å². The highest BCUT2D eigenvalue weighted by atomic mass is 32.2. The molecule has 0 aliphatic heterocycles. The van der Waals surface area contributed by atoms with Crippen molar-refractivity contribution in [1.29, 1.82) is 0 Å². The summed E-state index contributed by atoms with van der Waals surface area (Å²) in [4.78, 5) is 0.661. The van der Waals surface area contributed by atoms with Gasteiger partial charge in [0.05, 0.1) is 10.8 Å². The molecule has 3 nitrogen and oxygen atoms in total. The number of aromatic nitrogens is 2. The third kappa shape index (κ3) is 3.00. The molecule has 0 spiro atoms. The van der Waals surface area contributed by atoms with Crippen molar-refractivity contribution in [2.75, 3.05) is 5.75 Å². The second-order valence-electron chi connectivity index (χ2n) is 3.70. The molecule has 2 aromatic rings. The maximum absolute atomic E-state index is 12.7. The highest BCUT2D eigenvalue weighted by molar-refractivity contribution is 7.85. The Morgan fingerprint density at radius 2 is 2.00 bits per heavy atom. The molecular formula is C12H13FN2OS. The maximum atomic E-state index is 12.7. The molecular weight excluding hydrogens is 239 g/mol. The first-order valence-electron chi connectivity index (χ1n) is 5.27. The van der Waals surface area contributed by atoms with E-state index in [1.807, 2.05) is 13.1 Å². The molecule has 0 saturated heterocycles. The van der Waals surface area contributed by atoms with E-state index in [9.17, 15) is 8.60 Å². The molecule has 17 heavy (non-hydrogen) atoms. The van der Waals surface area contributed by atoms with Gasteiger partial charge in [-0.15, -0.1) is 0 Å². The summed E-state index contributed by atoms with van der Waals surface area (Å²) < 4.78 is 26.4. The summed E-state index contributed by atoms with van der Waals surface area (Å²) in [6, 6.07) is 7.69. The van der Waals surface area contributed by atoms with Crippen LogP contribution in [0, 0.1) is 5.82 Å². The van der Waals surface area contributed by atoms with Crippen LogP contribution in [0.1, 0.15) is 5.69 Å². The minimum absolute atomic E-state index is 0.308. The Kier molecular flexibility index (Phi) is 3.68. The van der Waals surface area contributed by atoms with Gasteiger partial charge in [0.2, 0.25) is 0 Å². The lowest BCUT2D eigenvalue weighted by Crippen LogP contribution is -2.05. The van der Waals surface area contributed by atoms with Crippen molar-refractivity contribution in [3.05, 3.63) is 48.0 Å². The van der Waals surface area contributed by atoms with Crippen molar-refractivity contribution in [3.63, 3.8) is 0 Å². The van der Waals surface area contributed by atoms with Gasteiger partial charge in [-0.25, -0.2) is 4.39 Å². The molecule has 1 unspecified atom stereocenters. The van der Waals surface area contributed by atoms with E-state index in [0.29, 0.717) is 17.1 Å². The van der Waals surface area contributed by atoms with Gasteiger partial charge in [0.1, 0.15) is 5.82 Å². The monoisotopic (exact) mass is 252 g/mol. The van der Waals surface area contributed by atoms with Gasteiger partial charge in [-0.3, -0.25) is 8.89 Å². The molecule has 1 atom stereocenters. The first kappa shape index (κ1) is 12.0. The number of hydrogen-bond donors (Lipinski definition) is 0. The van der Waals surface area contributed by atoms with E-state index in [1.54, 1.807) is 23.0 Å². The quantitative estimate of drug-likeness (QED) is 0.833. The van der Waals surface area contributed by atoms with Crippen molar-refractivity contribution < 1.29 is 8.60 Å². The van der Waals surface area contributed by atoms with Crippen molar-refractivity contribution in [1.82, 2.24) is 9.78 Å². The van der Waals surface area contributed by atoms with Crippen LogP contribution in [0.2, 0.25) is 0 Å². The van der Waals surface area contributed by atoms with E-state index in [4.69, 9.17) is 0 Å². The SMILES string of the molecule is Cn1nccc1CCS(=O)c1ccc(F)cc1. The van der Waals surface area contributed by atoms with Gasteiger partial charge in [-0.2, -0.15) is 5.10 Å². The fourth-order valence-corrected chi connectivity index (χ4v) is 2.62. The van der Waals surface area contributed by atoms with Crippen LogP contribution in [-0.4, -0.2) is 19.7 Å². The van der Waals surface area contributed by atoms with Gasteiger partial charge in [-0.1, -0.05) is 0 Å². The normalized spacial score (nSPS) is 12.6. The predicted octanol–water partition coefficient (Wildman–Crippen LogP) is 1.91. The molecule has 1 heterocycles. The molecule has 0 bridgehead atoms. The number of aryl methyl sites for hydroxylation is 2. The number of nitrogens with zero attached hydrogens (tertiary/aromatic N) is 2. The Balaban J connectivity index is 1.98. The molecule has 1 aromatic carbocycles. The van der Waals surface area contributed by atoms with Gasteiger partial charge in [-0.05, 0) is 30.3 Å². The summed E-state index contributed by atoms with van der Waals surface area (Å²) in [5.74, 6) is 0.211. The Hall–Kier alpha value is -1.49. The summed E-state index contributed by atoms with van der Waals surface area (Å²) in [7, 11) is 0.765. The fourth-order valence-electron chi connectivity index (χ4n) is 1.55. The lowest BCUT2D eigenvalue weighted by atomic mass is 10.3. The zero-order valence-corrected chi connectivity index (χ0v) is 10.3. The van der Waals surface area contributed by atoms with E-state index in [0.717, 1.165) is 5.69 Å². The molecule has 0 radical (unpaired) electrons. The Morgan fingerprint density at radius 3 is 2.59 bits per heavy atom. The predicted molar refractivity (Wildman–Crippen MR) is 64.6 cm³/mol. The minimum Gasteiger partial charge on any atom is -0.273 e. The van der Waals surface area contributed by atoms with Gasteiger partial charge in [0.25, 0.3) is 0 Å². The third-order valence-corrected chi connectivity index (χ3v) is 3.92. The minimum atomic E-state index is -1.09. The Morgan fingerprint density at radius 1 is 1.29 bits per heavy atom. The molecule has 0 fully saturated rings. The summed E-state index contributed by atoms with van der Waals surface area (Å²) in [6.45, 7) is 0. The summed E-state index contributed by atoms with van der Waals surface area (Å²) in [5.41, 5.74) is 1.04. The van der Waals surface area contributed by atoms with Crippen LogP contribution in [0.15, 0.2) is 41.4 Å². The van der Waals surface area contributed by atoms with Crippen LogP contribution in [0.4, 0.5) is 4.39 Å². The summed E-state index contributed by atoms with van der Waals surface area (Å²) >= 11 is 0. The number of hydrogen-bond acceptors (Lipinski definition) is 2. The van der Waals surface area contributed by atoms with E-state index >= 15 is 0 Å². The lowest BCUT2D eigenvalue weighted by Gasteiger charge is -2.03. The van der Waals surface area contributed by atoms with Crippen molar-refractivity contribution in [3.8, 4) is 0 Å². The van der Waals surface area contributed by atoms with E-state index < -0.39 is 10.8 Å². The molecule has 0 saturated carbocycles. The van der Waals surface area contributed by atoms with Gasteiger partial charge < -0.3 is 0 Å². The van der Waals surface area contributed by atoms with Crippen molar-refractivity contribution >= 4 is 10.8 Å². The molecule has 0 amide bonds. The van der Waals surface area contributed by atoms with Crippen LogP contribution >= 0.6 is 0 Å². The van der Waals surface area contributed by atoms with E-state index in [1.165, 1.54) is 12.1 Å². The first-order valence-corrected chi connectivity index (χ1v) is 6.59. The molecule has 1 aromatic heterocycles. The number of rotatable bonds is 4. The standard InChI is InChI=1S/C12H13FN2OS/c1-15-11(6-8-14-15)7-9-17(16)12-4-2-10(13)3-5-12/h2-6,8H,7,9H2,1H3. The fraction of sp³-hybridized carbons (Fsp3) is 0.250.